The lowest BCUT2D eigenvalue weighted by atomic mass is 10.1. The Morgan fingerprint density at radius 1 is 0.935 bits per heavy atom. The molecule has 1 N–H and O–H groups in total. The molecule has 0 aliphatic carbocycles. The maximum Gasteiger partial charge on any atom is 0.238 e. The van der Waals surface area contributed by atoms with Gasteiger partial charge in [0.1, 0.15) is 0 Å². The summed E-state index contributed by atoms with van der Waals surface area (Å²) in [6.07, 6.45) is 2.05. The highest BCUT2D eigenvalue weighted by atomic mass is 16.2. The van der Waals surface area contributed by atoms with Gasteiger partial charge in [-0.15, -0.1) is 0 Å². The van der Waals surface area contributed by atoms with Crippen molar-refractivity contribution >= 4 is 11.6 Å². The van der Waals surface area contributed by atoms with Crippen LogP contribution in [0.3, 0.4) is 0 Å². The quantitative estimate of drug-likeness (QED) is 0.471. The zero-order valence-corrected chi connectivity index (χ0v) is 17.8. The van der Waals surface area contributed by atoms with Crippen LogP contribution in [-0.4, -0.2) is 34.2 Å². The van der Waals surface area contributed by atoms with Crippen LogP contribution in [0.25, 0.3) is 16.9 Å². The van der Waals surface area contributed by atoms with E-state index in [2.05, 4.69) is 17.4 Å². The highest BCUT2D eigenvalue weighted by Crippen LogP contribution is 2.24. The number of carbonyl (C=O) groups is 1. The van der Waals surface area contributed by atoms with Gasteiger partial charge in [-0.25, -0.2) is 4.68 Å². The second-order valence-electron chi connectivity index (χ2n) is 7.68. The number of aromatic nitrogens is 2. The van der Waals surface area contributed by atoms with E-state index in [1.165, 1.54) is 0 Å². The monoisotopic (exact) mass is 410 g/mol. The first-order chi connectivity index (χ1) is 15.1. The zero-order chi connectivity index (χ0) is 21.6. The summed E-state index contributed by atoms with van der Waals surface area (Å²) in [6.45, 7) is 2.89. The van der Waals surface area contributed by atoms with Gasteiger partial charge in [0, 0.05) is 29.6 Å². The zero-order valence-electron chi connectivity index (χ0n) is 17.8. The molecule has 5 nitrogen and oxygen atoms in total. The van der Waals surface area contributed by atoms with Crippen LogP contribution in [0.15, 0.2) is 91.1 Å². The molecule has 0 aliphatic rings. The number of benzene rings is 3. The Kier molecular flexibility index (Phi) is 6.24. The van der Waals surface area contributed by atoms with Crippen molar-refractivity contribution in [1.82, 2.24) is 14.7 Å². The Morgan fingerprint density at radius 2 is 1.58 bits per heavy atom. The normalized spacial score (nSPS) is 10.9. The third-order valence-electron chi connectivity index (χ3n) is 5.13. The van der Waals surface area contributed by atoms with Gasteiger partial charge in [-0.2, -0.15) is 5.10 Å². The highest BCUT2D eigenvalue weighted by molar-refractivity contribution is 5.92. The van der Waals surface area contributed by atoms with Crippen LogP contribution in [-0.2, 0) is 11.3 Å². The third-order valence-corrected chi connectivity index (χ3v) is 5.13. The van der Waals surface area contributed by atoms with E-state index in [1.807, 2.05) is 103 Å². The lowest BCUT2D eigenvalue weighted by Crippen LogP contribution is -2.30. The van der Waals surface area contributed by atoms with E-state index in [9.17, 15) is 4.79 Å². The summed E-state index contributed by atoms with van der Waals surface area (Å²) in [7, 11) is 1.95. The molecule has 0 atom stereocenters. The van der Waals surface area contributed by atoms with Gasteiger partial charge in [0.05, 0.1) is 17.9 Å². The van der Waals surface area contributed by atoms with Crippen molar-refractivity contribution in [3.05, 3.63) is 102 Å². The second kappa shape index (κ2) is 9.41. The van der Waals surface area contributed by atoms with E-state index in [0.717, 1.165) is 33.8 Å². The molecule has 0 spiro atoms. The van der Waals surface area contributed by atoms with Crippen molar-refractivity contribution in [2.45, 2.75) is 13.5 Å². The van der Waals surface area contributed by atoms with Gasteiger partial charge in [-0.05, 0) is 37.7 Å². The van der Waals surface area contributed by atoms with Gasteiger partial charge < -0.3 is 5.32 Å². The molecule has 3 aromatic carbocycles. The van der Waals surface area contributed by atoms with E-state index >= 15 is 0 Å². The Balaban J connectivity index is 1.53. The van der Waals surface area contributed by atoms with Crippen molar-refractivity contribution in [2.24, 2.45) is 0 Å². The largest absolute Gasteiger partial charge is 0.325 e. The summed E-state index contributed by atoms with van der Waals surface area (Å²) in [4.78, 5) is 14.6. The average molecular weight is 411 g/mol. The minimum atomic E-state index is -0.0338. The molecule has 4 aromatic rings. The number of rotatable bonds is 7. The molecule has 0 saturated heterocycles. The molecular formula is C26H26N4O. The Bertz CT molecular complexity index is 1150. The molecule has 0 bridgehead atoms. The van der Waals surface area contributed by atoms with Crippen molar-refractivity contribution in [3.8, 4) is 16.9 Å². The molecule has 1 heterocycles. The second-order valence-corrected chi connectivity index (χ2v) is 7.68. The first-order valence-corrected chi connectivity index (χ1v) is 10.3. The minimum absolute atomic E-state index is 0.0338. The van der Waals surface area contributed by atoms with Crippen molar-refractivity contribution < 1.29 is 4.79 Å². The molecule has 5 heteroatoms. The molecule has 0 fully saturated rings. The fraction of sp³-hybridized carbons (Fsp3) is 0.154. The summed E-state index contributed by atoms with van der Waals surface area (Å²) < 4.78 is 1.90. The molecule has 1 amide bonds. The summed E-state index contributed by atoms with van der Waals surface area (Å²) in [5.74, 6) is -0.0338. The summed E-state index contributed by atoms with van der Waals surface area (Å²) in [5, 5.41) is 7.85. The number of para-hydroxylation sites is 2. The van der Waals surface area contributed by atoms with E-state index in [-0.39, 0.29) is 5.91 Å². The molecular weight excluding hydrogens is 384 g/mol. The van der Waals surface area contributed by atoms with Crippen LogP contribution in [0.1, 0.15) is 11.1 Å². The number of hydrogen-bond acceptors (Lipinski definition) is 3. The standard InChI is InChI=1S/C26H26N4O/c1-20-11-9-10-16-24(20)27-25(31)19-29(2)17-22-18-30(23-14-7-4-8-15-23)28-26(22)21-12-5-3-6-13-21/h3-16,18H,17,19H2,1-2H3,(H,27,31). The van der Waals surface area contributed by atoms with E-state index in [4.69, 9.17) is 5.10 Å². The van der Waals surface area contributed by atoms with Crippen LogP contribution in [0.5, 0.6) is 0 Å². The van der Waals surface area contributed by atoms with Crippen LogP contribution in [0.2, 0.25) is 0 Å². The molecule has 4 rings (SSSR count). The number of amides is 1. The molecule has 0 saturated carbocycles. The Labute approximate surface area is 183 Å². The number of carbonyl (C=O) groups excluding carboxylic acids is 1. The molecule has 31 heavy (non-hydrogen) atoms. The van der Waals surface area contributed by atoms with Crippen molar-refractivity contribution in [3.63, 3.8) is 0 Å². The third kappa shape index (κ3) is 5.08. The number of aryl methyl sites for hydroxylation is 1. The smallest absolute Gasteiger partial charge is 0.238 e. The van der Waals surface area contributed by atoms with Gasteiger partial charge in [-0.3, -0.25) is 9.69 Å². The number of nitrogens with zero attached hydrogens (tertiary/aromatic N) is 3. The van der Waals surface area contributed by atoms with Crippen LogP contribution in [0.4, 0.5) is 5.69 Å². The van der Waals surface area contributed by atoms with Crippen LogP contribution < -0.4 is 5.32 Å². The van der Waals surface area contributed by atoms with Gasteiger partial charge in [0.2, 0.25) is 5.91 Å². The molecule has 156 valence electrons. The minimum Gasteiger partial charge on any atom is -0.325 e. The lowest BCUT2D eigenvalue weighted by Gasteiger charge is -2.17. The van der Waals surface area contributed by atoms with Gasteiger partial charge >= 0.3 is 0 Å². The Morgan fingerprint density at radius 3 is 2.29 bits per heavy atom. The average Bonchev–Trinajstić information content (AvgIpc) is 3.20. The summed E-state index contributed by atoms with van der Waals surface area (Å²) in [5.41, 5.74) is 5.96. The predicted molar refractivity (Wildman–Crippen MR) is 125 cm³/mol. The van der Waals surface area contributed by atoms with E-state index in [1.54, 1.807) is 0 Å². The van der Waals surface area contributed by atoms with Gasteiger partial charge in [-0.1, -0.05) is 66.7 Å². The molecule has 0 aliphatic heterocycles. The summed E-state index contributed by atoms with van der Waals surface area (Å²) in [6, 6.07) is 28.0. The molecule has 0 unspecified atom stereocenters. The number of hydrogen-bond donors (Lipinski definition) is 1. The fourth-order valence-corrected chi connectivity index (χ4v) is 3.57. The molecule has 1 aromatic heterocycles. The SMILES string of the molecule is Cc1ccccc1NC(=O)CN(C)Cc1cn(-c2ccccc2)nc1-c1ccccc1. The molecule has 0 radical (unpaired) electrons. The van der Waals surface area contributed by atoms with Crippen molar-refractivity contribution in [2.75, 3.05) is 18.9 Å². The first-order valence-electron chi connectivity index (χ1n) is 10.3. The predicted octanol–water partition coefficient (Wildman–Crippen LogP) is 4.92. The lowest BCUT2D eigenvalue weighted by molar-refractivity contribution is -0.117. The number of nitrogens with one attached hydrogen (secondary N) is 1. The van der Waals surface area contributed by atoms with E-state index < -0.39 is 0 Å². The van der Waals surface area contributed by atoms with Crippen LogP contribution in [0, 0.1) is 6.92 Å². The van der Waals surface area contributed by atoms with Gasteiger partial charge in [0.15, 0.2) is 0 Å². The fourth-order valence-electron chi connectivity index (χ4n) is 3.57. The Hall–Kier alpha value is -3.70. The van der Waals surface area contributed by atoms with Crippen molar-refractivity contribution in [1.29, 1.82) is 0 Å². The topological polar surface area (TPSA) is 50.2 Å². The number of likely N-dealkylation sites (N-methyl/N-ethyl adjacent to an activating group) is 1. The van der Waals surface area contributed by atoms with Gasteiger partial charge in [0.25, 0.3) is 0 Å². The maximum absolute atomic E-state index is 12.6. The number of anilines is 1. The first kappa shape index (κ1) is 20.6. The summed E-state index contributed by atoms with van der Waals surface area (Å²) >= 11 is 0. The van der Waals surface area contributed by atoms with Crippen LogP contribution >= 0.6 is 0 Å². The van der Waals surface area contributed by atoms with E-state index in [0.29, 0.717) is 13.1 Å². The maximum atomic E-state index is 12.6. The highest BCUT2D eigenvalue weighted by Gasteiger charge is 2.16.